The van der Waals surface area contributed by atoms with Gasteiger partial charge in [-0.2, -0.15) is 11.8 Å². The summed E-state index contributed by atoms with van der Waals surface area (Å²) in [7, 11) is 0. The summed E-state index contributed by atoms with van der Waals surface area (Å²) >= 11 is 2.06. The number of hydrogen-bond donors (Lipinski definition) is 1. The summed E-state index contributed by atoms with van der Waals surface area (Å²) in [6, 6.07) is 1.46. The van der Waals surface area contributed by atoms with Crippen molar-refractivity contribution in [1.82, 2.24) is 5.32 Å². The van der Waals surface area contributed by atoms with Gasteiger partial charge < -0.3 is 5.32 Å². The lowest BCUT2D eigenvalue weighted by molar-refractivity contribution is 0.497. The minimum atomic E-state index is 0.661. The van der Waals surface area contributed by atoms with E-state index in [4.69, 9.17) is 0 Å². The Kier molecular flexibility index (Phi) is 2.86. The summed E-state index contributed by atoms with van der Waals surface area (Å²) < 4.78 is 0. The first-order valence-corrected chi connectivity index (χ1v) is 4.78. The molecule has 0 bridgehead atoms. The van der Waals surface area contributed by atoms with Crippen LogP contribution in [0.4, 0.5) is 0 Å². The lowest BCUT2D eigenvalue weighted by atomic mass is 10.2. The maximum atomic E-state index is 3.52. The second-order valence-corrected chi connectivity index (χ2v) is 4.03. The molecule has 1 aliphatic rings. The molecule has 0 aliphatic carbocycles. The van der Waals surface area contributed by atoms with Crippen LogP contribution in [0.2, 0.25) is 0 Å². The topological polar surface area (TPSA) is 12.0 Å². The second-order valence-electron chi connectivity index (χ2n) is 2.88. The van der Waals surface area contributed by atoms with Gasteiger partial charge in [-0.3, -0.25) is 0 Å². The highest BCUT2D eigenvalue weighted by molar-refractivity contribution is 7.99. The fraction of sp³-hybridized carbons (Fsp3) is 1.00. The van der Waals surface area contributed by atoms with Crippen molar-refractivity contribution < 1.29 is 0 Å². The van der Waals surface area contributed by atoms with Gasteiger partial charge in [-0.1, -0.05) is 13.8 Å². The van der Waals surface area contributed by atoms with E-state index in [1.54, 1.807) is 0 Å². The van der Waals surface area contributed by atoms with E-state index in [9.17, 15) is 0 Å². The predicted octanol–water partition coefficient (Wildman–Crippen LogP) is 1.49. The van der Waals surface area contributed by atoms with Gasteiger partial charge in [0.2, 0.25) is 0 Å². The van der Waals surface area contributed by atoms with Crippen LogP contribution < -0.4 is 5.32 Å². The Morgan fingerprint density at radius 3 is 2.78 bits per heavy atom. The maximum absolute atomic E-state index is 3.52. The van der Waals surface area contributed by atoms with E-state index >= 15 is 0 Å². The van der Waals surface area contributed by atoms with E-state index in [1.165, 1.54) is 17.9 Å². The van der Waals surface area contributed by atoms with Crippen LogP contribution in [-0.4, -0.2) is 23.6 Å². The van der Waals surface area contributed by atoms with Crippen LogP contribution in [0.15, 0.2) is 0 Å². The Balaban J connectivity index is 2.11. The van der Waals surface area contributed by atoms with Gasteiger partial charge in [-0.25, -0.2) is 0 Å². The van der Waals surface area contributed by atoms with Gasteiger partial charge in [0.15, 0.2) is 0 Å². The molecule has 0 saturated carbocycles. The van der Waals surface area contributed by atoms with E-state index in [2.05, 4.69) is 30.9 Å². The normalized spacial score (nSPS) is 27.7. The monoisotopic (exact) mass is 145 g/mol. The Labute approximate surface area is 61.6 Å². The molecule has 1 heterocycles. The lowest BCUT2D eigenvalue weighted by Crippen LogP contribution is -2.34. The first-order valence-electron chi connectivity index (χ1n) is 3.63. The summed E-state index contributed by atoms with van der Waals surface area (Å²) in [6.07, 6.45) is 1.36. The molecule has 54 valence electrons. The first kappa shape index (κ1) is 7.42. The van der Waals surface area contributed by atoms with Crippen LogP contribution in [0.3, 0.4) is 0 Å². The highest BCUT2D eigenvalue weighted by Crippen LogP contribution is 2.17. The Morgan fingerprint density at radius 1 is 1.56 bits per heavy atom. The molecular formula is C7H15NS. The zero-order valence-electron chi connectivity index (χ0n) is 6.18. The molecule has 0 radical (unpaired) electrons. The quantitative estimate of drug-likeness (QED) is 0.632. The Morgan fingerprint density at radius 2 is 2.33 bits per heavy atom. The fourth-order valence-corrected chi connectivity index (χ4v) is 2.30. The lowest BCUT2D eigenvalue weighted by Gasteiger charge is -2.13. The zero-order valence-corrected chi connectivity index (χ0v) is 7.00. The zero-order chi connectivity index (χ0) is 6.69. The van der Waals surface area contributed by atoms with Crippen LogP contribution in [-0.2, 0) is 0 Å². The third-order valence-corrected chi connectivity index (χ3v) is 2.66. The summed E-state index contributed by atoms with van der Waals surface area (Å²) in [6.45, 7) is 4.42. The highest BCUT2D eigenvalue weighted by atomic mass is 32.2. The van der Waals surface area contributed by atoms with Gasteiger partial charge in [0.1, 0.15) is 0 Å². The molecular weight excluding hydrogens is 130 g/mol. The van der Waals surface area contributed by atoms with E-state index in [0.29, 0.717) is 6.04 Å². The van der Waals surface area contributed by atoms with Gasteiger partial charge in [0, 0.05) is 17.8 Å². The maximum Gasteiger partial charge on any atom is 0.0168 e. The predicted molar refractivity (Wildman–Crippen MR) is 44.0 cm³/mol. The molecule has 1 unspecified atom stereocenters. The average molecular weight is 145 g/mol. The van der Waals surface area contributed by atoms with E-state index < -0.39 is 0 Å². The molecule has 9 heavy (non-hydrogen) atoms. The number of thioether (sulfide) groups is 1. The molecule has 0 aromatic heterocycles. The van der Waals surface area contributed by atoms with E-state index in [-0.39, 0.29) is 0 Å². The van der Waals surface area contributed by atoms with Crippen LogP contribution in [0, 0.1) is 0 Å². The average Bonchev–Trinajstić information content (AvgIpc) is 2.15. The van der Waals surface area contributed by atoms with Crippen molar-refractivity contribution in [3.05, 3.63) is 0 Å². The van der Waals surface area contributed by atoms with Gasteiger partial charge in [-0.15, -0.1) is 0 Å². The third kappa shape index (κ3) is 2.59. The molecule has 0 spiro atoms. The molecule has 1 atom stereocenters. The number of hydrogen-bond acceptors (Lipinski definition) is 2. The molecule has 1 nitrogen and oxygen atoms in total. The Bertz CT molecular complexity index is 77.0. The highest BCUT2D eigenvalue weighted by Gasteiger charge is 2.14. The molecule has 1 aliphatic heterocycles. The van der Waals surface area contributed by atoms with Gasteiger partial charge >= 0.3 is 0 Å². The van der Waals surface area contributed by atoms with Crippen molar-refractivity contribution in [3.63, 3.8) is 0 Å². The van der Waals surface area contributed by atoms with Crippen molar-refractivity contribution in [2.45, 2.75) is 32.4 Å². The van der Waals surface area contributed by atoms with Crippen molar-refractivity contribution in [2.75, 3.05) is 11.5 Å². The molecule has 2 heteroatoms. The molecule has 1 saturated heterocycles. The molecule has 1 fully saturated rings. The van der Waals surface area contributed by atoms with E-state index in [0.717, 1.165) is 6.04 Å². The van der Waals surface area contributed by atoms with E-state index in [1.807, 2.05) is 0 Å². The largest absolute Gasteiger partial charge is 0.311 e. The van der Waals surface area contributed by atoms with Gasteiger partial charge in [-0.05, 0) is 12.2 Å². The molecule has 0 aromatic rings. The van der Waals surface area contributed by atoms with Crippen molar-refractivity contribution >= 4 is 11.8 Å². The summed E-state index contributed by atoms with van der Waals surface area (Å²) in [5, 5.41) is 3.52. The summed E-state index contributed by atoms with van der Waals surface area (Å²) in [5.74, 6) is 2.67. The van der Waals surface area contributed by atoms with Gasteiger partial charge in [0.25, 0.3) is 0 Å². The molecule has 0 aromatic carbocycles. The van der Waals surface area contributed by atoms with Crippen LogP contribution in [0.1, 0.15) is 20.3 Å². The molecule has 1 N–H and O–H groups in total. The van der Waals surface area contributed by atoms with Crippen LogP contribution >= 0.6 is 11.8 Å². The number of rotatable bonds is 2. The summed E-state index contributed by atoms with van der Waals surface area (Å²) in [5.41, 5.74) is 0. The molecule has 1 rings (SSSR count). The third-order valence-electron chi connectivity index (χ3n) is 1.50. The van der Waals surface area contributed by atoms with Gasteiger partial charge in [0.05, 0.1) is 0 Å². The minimum absolute atomic E-state index is 0.661. The minimum Gasteiger partial charge on any atom is -0.311 e. The second kappa shape index (κ2) is 3.47. The Hall–Kier alpha value is 0.310. The van der Waals surface area contributed by atoms with Crippen LogP contribution in [0.25, 0.3) is 0 Å². The number of nitrogens with one attached hydrogen (secondary N) is 1. The SMILES string of the molecule is CC(C)NC1CCSC1. The van der Waals surface area contributed by atoms with Crippen molar-refractivity contribution in [2.24, 2.45) is 0 Å². The smallest absolute Gasteiger partial charge is 0.0168 e. The first-order chi connectivity index (χ1) is 4.29. The standard InChI is InChI=1S/C7H15NS/c1-6(2)8-7-3-4-9-5-7/h6-8H,3-5H2,1-2H3. The summed E-state index contributed by atoms with van der Waals surface area (Å²) in [4.78, 5) is 0. The van der Waals surface area contributed by atoms with Crippen LogP contribution in [0.5, 0.6) is 0 Å². The van der Waals surface area contributed by atoms with Crippen molar-refractivity contribution in [1.29, 1.82) is 0 Å². The molecule has 0 amide bonds. The fourth-order valence-electron chi connectivity index (χ4n) is 1.14. The van der Waals surface area contributed by atoms with Crippen molar-refractivity contribution in [3.8, 4) is 0 Å².